The van der Waals surface area contributed by atoms with Crippen LogP contribution in [0.2, 0.25) is 0 Å². The molecule has 1 saturated heterocycles. The van der Waals surface area contributed by atoms with Crippen LogP contribution >= 0.6 is 23.5 Å². The lowest BCUT2D eigenvalue weighted by molar-refractivity contribution is -0.139. The van der Waals surface area contributed by atoms with Crippen LogP contribution in [-0.4, -0.2) is 47.0 Å². The van der Waals surface area contributed by atoms with Crippen LogP contribution in [-0.2, 0) is 20.9 Å². The van der Waals surface area contributed by atoms with Crippen LogP contribution in [0.4, 0.5) is 11.4 Å². The van der Waals surface area contributed by atoms with E-state index in [-0.39, 0.29) is 12.5 Å². The Morgan fingerprint density at radius 3 is 2.67 bits per heavy atom. The molecule has 0 saturated carbocycles. The molecule has 10 heteroatoms. The molecule has 2 heterocycles. The van der Waals surface area contributed by atoms with Gasteiger partial charge in [-0.25, -0.2) is 9.79 Å². The van der Waals surface area contributed by atoms with E-state index in [4.69, 9.17) is 9.73 Å². The monoisotopic (exact) mass is 519 g/mol. The van der Waals surface area contributed by atoms with E-state index in [9.17, 15) is 14.9 Å². The quantitative estimate of drug-likeness (QED) is 0.403. The van der Waals surface area contributed by atoms with E-state index in [0.29, 0.717) is 45.1 Å². The number of carbonyl (C=O) groups is 2. The average Bonchev–Trinajstić information content (AvgIpc) is 3.40. The third-order valence-electron chi connectivity index (χ3n) is 5.38. The summed E-state index contributed by atoms with van der Waals surface area (Å²) in [5.41, 5.74) is 3.17. The maximum absolute atomic E-state index is 13.7. The predicted octanol–water partition coefficient (Wildman–Crippen LogP) is 5.01. The molecule has 1 fully saturated rings. The van der Waals surface area contributed by atoms with Crippen LogP contribution in [0.3, 0.4) is 0 Å². The van der Waals surface area contributed by atoms with Crippen molar-refractivity contribution in [2.24, 2.45) is 4.99 Å². The molecule has 0 atom stereocenters. The van der Waals surface area contributed by atoms with Crippen molar-refractivity contribution in [3.05, 3.63) is 80.7 Å². The van der Waals surface area contributed by atoms with Crippen molar-refractivity contribution in [3.63, 3.8) is 0 Å². The number of aliphatic imine (C=N–C) groups is 1. The molecule has 1 N–H and O–H groups in total. The number of amides is 1. The molecular weight excluding hydrogens is 494 g/mol. The first-order valence-electron chi connectivity index (χ1n) is 11.4. The van der Waals surface area contributed by atoms with Gasteiger partial charge in [0, 0.05) is 19.0 Å². The molecule has 8 nitrogen and oxygen atoms in total. The van der Waals surface area contributed by atoms with Crippen molar-refractivity contribution < 1.29 is 14.3 Å². The zero-order chi connectivity index (χ0) is 25.7. The Morgan fingerprint density at radius 2 is 1.97 bits per heavy atom. The zero-order valence-electron chi connectivity index (χ0n) is 20.1. The molecule has 0 spiro atoms. The Hall–Kier alpha value is -3.68. The summed E-state index contributed by atoms with van der Waals surface area (Å²) in [5.74, 6) is -0.630. The molecular formula is C26H25N5O3S2. The van der Waals surface area contributed by atoms with Gasteiger partial charge >= 0.3 is 5.97 Å². The summed E-state index contributed by atoms with van der Waals surface area (Å²) < 4.78 is 5.15. The van der Waals surface area contributed by atoms with E-state index in [1.165, 1.54) is 23.5 Å². The Labute approximate surface area is 218 Å². The van der Waals surface area contributed by atoms with Crippen LogP contribution in [0.15, 0.2) is 74.6 Å². The third kappa shape index (κ3) is 5.27. The fourth-order valence-electron chi connectivity index (χ4n) is 3.63. The number of nitrogens with one attached hydrogen (secondary N) is 1. The van der Waals surface area contributed by atoms with Crippen molar-refractivity contribution in [2.45, 2.75) is 20.4 Å². The lowest BCUT2D eigenvalue weighted by atomic mass is 10.2. The number of anilines is 1. The maximum atomic E-state index is 13.7. The second-order valence-corrected chi connectivity index (χ2v) is 9.62. The summed E-state index contributed by atoms with van der Waals surface area (Å²) in [6.07, 6.45) is 0. The number of nitrogens with zero attached hydrogens (tertiary/aromatic N) is 4. The summed E-state index contributed by atoms with van der Waals surface area (Å²) >= 11 is 2.57. The van der Waals surface area contributed by atoms with Crippen LogP contribution in [0, 0.1) is 11.3 Å². The highest BCUT2D eigenvalue weighted by Crippen LogP contribution is 2.44. The van der Waals surface area contributed by atoms with Crippen molar-refractivity contribution in [2.75, 3.05) is 25.5 Å². The Bertz CT molecular complexity index is 1310. The molecule has 184 valence electrons. The van der Waals surface area contributed by atoms with Crippen LogP contribution in [0.1, 0.15) is 25.0 Å². The van der Waals surface area contributed by atoms with Gasteiger partial charge in [0.05, 0.1) is 41.2 Å². The molecule has 36 heavy (non-hydrogen) atoms. The fraction of sp³-hybridized carbons (Fsp3) is 0.231. The van der Waals surface area contributed by atoms with E-state index < -0.39 is 5.97 Å². The highest BCUT2D eigenvalue weighted by atomic mass is 32.2. The third-order valence-corrected chi connectivity index (χ3v) is 7.62. The van der Waals surface area contributed by atoms with Gasteiger partial charge in [0.2, 0.25) is 0 Å². The molecule has 2 aromatic carbocycles. The normalized spacial score (nSPS) is 18.4. The molecule has 2 aliphatic rings. The summed E-state index contributed by atoms with van der Waals surface area (Å²) in [5, 5.41) is 15.5. The van der Waals surface area contributed by atoms with Gasteiger partial charge in [-0.15, -0.1) is 0 Å². The highest BCUT2D eigenvalue weighted by molar-refractivity contribution is 8.19. The number of rotatable bonds is 7. The first-order chi connectivity index (χ1) is 17.5. The maximum Gasteiger partial charge on any atom is 0.355 e. The van der Waals surface area contributed by atoms with Crippen molar-refractivity contribution in [1.82, 2.24) is 9.80 Å². The summed E-state index contributed by atoms with van der Waals surface area (Å²) in [4.78, 5) is 34.7. The standard InChI is InChI=1S/C26H25N5O3S2/c1-4-28-19-12-11-18(14-27)13-20(19)29-26-31(15-17-9-7-6-8-10-17)23(32)22(36-26)24-30(3)21(16-35-24)25(33)34-5-2/h6-13,16,28H,4-5,15H2,1-3H3. The Kier molecular flexibility index (Phi) is 8.03. The minimum atomic E-state index is -0.433. The van der Waals surface area contributed by atoms with Crippen molar-refractivity contribution >= 4 is 51.9 Å². The Morgan fingerprint density at radius 1 is 1.19 bits per heavy atom. The molecule has 0 aromatic heterocycles. The van der Waals surface area contributed by atoms with Crippen molar-refractivity contribution in [3.8, 4) is 6.07 Å². The van der Waals surface area contributed by atoms with Gasteiger partial charge in [0.25, 0.3) is 5.91 Å². The minimum Gasteiger partial charge on any atom is -0.461 e. The largest absolute Gasteiger partial charge is 0.461 e. The van der Waals surface area contributed by atoms with Gasteiger partial charge in [-0.1, -0.05) is 42.1 Å². The van der Waals surface area contributed by atoms with Gasteiger partial charge in [0.1, 0.15) is 10.6 Å². The number of ether oxygens (including phenoxy) is 1. The lowest BCUT2D eigenvalue weighted by Gasteiger charge is -2.18. The SMILES string of the molecule is CCNc1ccc(C#N)cc1N=C1SC(=C2SC=C(C(=O)OCC)N2C)C(=O)N1Cc1ccccc1. The van der Waals surface area contributed by atoms with Gasteiger partial charge < -0.3 is 15.0 Å². The lowest BCUT2D eigenvalue weighted by Crippen LogP contribution is -2.29. The molecule has 2 aromatic rings. The first-order valence-corrected chi connectivity index (χ1v) is 13.1. The molecule has 0 radical (unpaired) electrons. The second-order valence-electron chi connectivity index (χ2n) is 7.78. The summed E-state index contributed by atoms with van der Waals surface area (Å²) in [6, 6.07) is 17.1. The van der Waals surface area contributed by atoms with Gasteiger partial charge in [-0.2, -0.15) is 5.26 Å². The molecule has 4 rings (SSSR count). The number of thioether (sulfide) groups is 2. The Balaban J connectivity index is 1.76. The van der Waals surface area contributed by atoms with Crippen molar-refractivity contribution in [1.29, 1.82) is 5.26 Å². The predicted molar refractivity (Wildman–Crippen MR) is 144 cm³/mol. The number of hydrogen-bond acceptors (Lipinski definition) is 9. The van der Waals surface area contributed by atoms with Gasteiger partial charge in [-0.3, -0.25) is 9.69 Å². The molecule has 0 aliphatic carbocycles. The van der Waals surface area contributed by atoms with E-state index in [1.54, 1.807) is 41.3 Å². The minimum absolute atomic E-state index is 0.197. The van der Waals surface area contributed by atoms with E-state index in [0.717, 1.165) is 11.3 Å². The summed E-state index contributed by atoms with van der Waals surface area (Å²) in [6.45, 7) is 5.02. The smallest absolute Gasteiger partial charge is 0.355 e. The number of benzene rings is 2. The topological polar surface area (TPSA) is 98.0 Å². The number of carbonyl (C=O) groups excluding carboxylic acids is 2. The molecule has 0 bridgehead atoms. The molecule has 0 unspecified atom stereocenters. The second kappa shape index (κ2) is 11.4. The number of amidine groups is 1. The number of likely N-dealkylation sites (N-methyl/N-ethyl adjacent to an activating group) is 1. The van der Waals surface area contributed by atoms with E-state index in [2.05, 4.69) is 11.4 Å². The average molecular weight is 520 g/mol. The van der Waals surface area contributed by atoms with Crippen LogP contribution in [0.5, 0.6) is 0 Å². The zero-order valence-corrected chi connectivity index (χ0v) is 21.8. The van der Waals surface area contributed by atoms with Crippen LogP contribution < -0.4 is 5.32 Å². The van der Waals surface area contributed by atoms with Crippen LogP contribution in [0.25, 0.3) is 0 Å². The highest BCUT2D eigenvalue weighted by Gasteiger charge is 2.39. The van der Waals surface area contributed by atoms with Gasteiger partial charge in [0.15, 0.2) is 5.17 Å². The fourth-order valence-corrected chi connectivity index (χ4v) is 5.84. The molecule has 1 amide bonds. The number of nitriles is 1. The van der Waals surface area contributed by atoms with E-state index in [1.807, 2.05) is 43.3 Å². The van der Waals surface area contributed by atoms with Gasteiger partial charge in [-0.05, 0) is 49.4 Å². The summed E-state index contributed by atoms with van der Waals surface area (Å²) in [7, 11) is 1.75. The van der Waals surface area contributed by atoms with E-state index >= 15 is 0 Å². The number of esters is 1. The first kappa shape index (κ1) is 25.4. The number of hydrogen-bond donors (Lipinski definition) is 1. The molecule has 2 aliphatic heterocycles.